The Morgan fingerprint density at radius 2 is 2.37 bits per heavy atom. The Kier molecular flexibility index (Phi) is 3.76. The van der Waals surface area contributed by atoms with E-state index < -0.39 is 0 Å². The van der Waals surface area contributed by atoms with Gasteiger partial charge in [-0.3, -0.25) is 0 Å². The van der Waals surface area contributed by atoms with Crippen molar-refractivity contribution < 1.29 is 0 Å². The minimum atomic E-state index is 0.761. The van der Waals surface area contributed by atoms with E-state index in [0.29, 0.717) is 0 Å². The Bertz CT molecular complexity index is 590. The molecule has 19 heavy (non-hydrogen) atoms. The molecule has 0 spiro atoms. The van der Waals surface area contributed by atoms with Crippen molar-refractivity contribution >= 4 is 44.7 Å². The topological polar surface area (TPSA) is 21.1 Å². The second-order valence-corrected chi connectivity index (χ2v) is 7.44. The fourth-order valence-corrected chi connectivity index (χ4v) is 4.36. The SMILES string of the molecule is CN(CC1CCCS1)c1nc2cc(Br)ccc2n1C. The standard InChI is InChI=1S/C14H18BrN3S/c1-17(9-11-4-3-7-19-11)14-16-12-8-10(15)5-6-13(12)18(14)2/h5-6,8,11H,3-4,7,9H2,1-2H3. The lowest BCUT2D eigenvalue weighted by Crippen LogP contribution is -2.28. The van der Waals surface area contributed by atoms with Gasteiger partial charge in [-0.05, 0) is 36.8 Å². The van der Waals surface area contributed by atoms with Crippen molar-refractivity contribution in [1.29, 1.82) is 0 Å². The Morgan fingerprint density at radius 1 is 1.53 bits per heavy atom. The fourth-order valence-electron chi connectivity index (χ4n) is 2.68. The first-order valence-corrected chi connectivity index (χ1v) is 8.44. The van der Waals surface area contributed by atoms with Gasteiger partial charge in [0.05, 0.1) is 11.0 Å². The second kappa shape index (κ2) is 5.37. The number of aromatic nitrogens is 2. The maximum atomic E-state index is 4.76. The van der Waals surface area contributed by atoms with E-state index in [-0.39, 0.29) is 0 Å². The summed E-state index contributed by atoms with van der Waals surface area (Å²) in [5, 5.41) is 0.761. The molecule has 1 aliphatic heterocycles. The average molecular weight is 340 g/mol. The van der Waals surface area contributed by atoms with Gasteiger partial charge in [-0.1, -0.05) is 15.9 Å². The van der Waals surface area contributed by atoms with Gasteiger partial charge in [0.25, 0.3) is 0 Å². The number of hydrogen-bond acceptors (Lipinski definition) is 3. The van der Waals surface area contributed by atoms with Crippen LogP contribution in [0.3, 0.4) is 0 Å². The molecule has 1 aromatic carbocycles. The summed E-state index contributed by atoms with van der Waals surface area (Å²) in [4.78, 5) is 7.05. The molecule has 2 aromatic rings. The molecule has 3 nitrogen and oxygen atoms in total. The number of rotatable bonds is 3. The molecule has 0 amide bonds. The molecule has 0 saturated carbocycles. The highest BCUT2D eigenvalue weighted by Gasteiger charge is 2.20. The number of imidazole rings is 1. The third-order valence-electron chi connectivity index (χ3n) is 3.66. The number of benzene rings is 1. The number of thioether (sulfide) groups is 1. The molecule has 0 N–H and O–H groups in total. The number of halogens is 1. The van der Waals surface area contributed by atoms with Crippen LogP contribution in [0.1, 0.15) is 12.8 Å². The summed E-state index contributed by atoms with van der Waals surface area (Å²) in [5.41, 5.74) is 2.24. The zero-order chi connectivity index (χ0) is 13.4. The van der Waals surface area contributed by atoms with Crippen LogP contribution in [0.15, 0.2) is 22.7 Å². The van der Waals surface area contributed by atoms with Crippen LogP contribution in [0, 0.1) is 0 Å². The molecular formula is C14H18BrN3S. The van der Waals surface area contributed by atoms with E-state index in [4.69, 9.17) is 4.98 Å². The van der Waals surface area contributed by atoms with Gasteiger partial charge in [-0.2, -0.15) is 11.8 Å². The van der Waals surface area contributed by atoms with E-state index in [9.17, 15) is 0 Å². The smallest absolute Gasteiger partial charge is 0.206 e. The first-order valence-electron chi connectivity index (χ1n) is 6.60. The predicted octanol–water partition coefficient (Wildman–Crippen LogP) is 3.67. The normalized spacial score (nSPS) is 19.2. The Morgan fingerprint density at radius 3 is 3.11 bits per heavy atom. The van der Waals surface area contributed by atoms with Crippen molar-refractivity contribution in [2.24, 2.45) is 7.05 Å². The molecule has 1 atom stereocenters. The molecule has 1 saturated heterocycles. The molecular weight excluding hydrogens is 322 g/mol. The summed E-state index contributed by atoms with van der Waals surface area (Å²) in [6.45, 7) is 1.09. The molecule has 0 aliphatic carbocycles. The summed E-state index contributed by atoms with van der Waals surface area (Å²) in [6.07, 6.45) is 2.70. The van der Waals surface area contributed by atoms with Gasteiger partial charge in [0, 0.05) is 30.4 Å². The molecule has 1 aromatic heterocycles. The largest absolute Gasteiger partial charge is 0.344 e. The average Bonchev–Trinajstić information content (AvgIpc) is 2.97. The maximum absolute atomic E-state index is 4.76. The van der Waals surface area contributed by atoms with Crippen molar-refractivity contribution in [1.82, 2.24) is 9.55 Å². The quantitative estimate of drug-likeness (QED) is 0.851. The summed E-state index contributed by atoms with van der Waals surface area (Å²) >= 11 is 5.60. The van der Waals surface area contributed by atoms with Gasteiger partial charge in [-0.15, -0.1) is 0 Å². The second-order valence-electron chi connectivity index (χ2n) is 5.12. The van der Waals surface area contributed by atoms with Crippen LogP contribution in [0.5, 0.6) is 0 Å². The zero-order valence-corrected chi connectivity index (χ0v) is 13.7. The molecule has 1 unspecified atom stereocenters. The number of hydrogen-bond donors (Lipinski definition) is 0. The molecule has 3 rings (SSSR count). The van der Waals surface area contributed by atoms with Crippen molar-refractivity contribution in [2.75, 3.05) is 24.2 Å². The first kappa shape index (κ1) is 13.3. The van der Waals surface area contributed by atoms with Gasteiger partial charge in [0.1, 0.15) is 0 Å². The van der Waals surface area contributed by atoms with Crippen molar-refractivity contribution in [3.8, 4) is 0 Å². The Labute approximate surface area is 126 Å². The van der Waals surface area contributed by atoms with Crippen molar-refractivity contribution in [2.45, 2.75) is 18.1 Å². The van der Waals surface area contributed by atoms with Crippen LogP contribution >= 0.6 is 27.7 Å². The molecule has 1 aliphatic rings. The number of aryl methyl sites for hydroxylation is 1. The highest BCUT2D eigenvalue weighted by molar-refractivity contribution is 9.10. The number of anilines is 1. The molecule has 2 heterocycles. The van der Waals surface area contributed by atoms with E-state index in [1.807, 2.05) is 0 Å². The minimum Gasteiger partial charge on any atom is -0.344 e. The molecule has 1 fully saturated rings. The van der Waals surface area contributed by atoms with E-state index >= 15 is 0 Å². The van der Waals surface area contributed by atoms with Gasteiger partial charge >= 0.3 is 0 Å². The van der Waals surface area contributed by atoms with E-state index in [2.05, 4.69) is 69.5 Å². The Balaban J connectivity index is 1.88. The van der Waals surface area contributed by atoms with Gasteiger partial charge < -0.3 is 9.47 Å². The third kappa shape index (κ3) is 2.63. The predicted molar refractivity (Wildman–Crippen MR) is 87.2 cm³/mol. The van der Waals surface area contributed by atoms with Gasteiger partial charge in [0.15, 0.2) is 0 Å². The van der Waals surface area contributed by atoms with Crippen molar-refractivity contribution in [3.63, 3.8) is 0 Å². The van der Waals surface area contributed by atoms with Crippen LogP contribution in [0.4, 0.5) is 5.95 Å². The van der Waals surface area contributed by atoms with E-state index in [1.54, 1.807) is 0 Å². The summed E-state index contributed by atoms with van der Waals surface area (Å²) in [6, 6.07) is 6.27. The molecule has 0 radical (unpaired) electrons. The van der Waals surface area contributed by atoms with Gasteiger partial charge in [0.2, 0.25) is 5.95 Å². The van der Waals surface area contributed by atoms with Crippen LogP contribution in [0.2, 0.25) is 0 Å². The molecule has 5 heteroatoms. The fraction of sp³-hybridized carbons (Fsp3) is 0.500. The van der Waals surface area contributed by atoms with Gasteiger partial charge in [-0.25, -0.2) is 4.98 Å². The monoisotopic (exact) mass is 339 g/mol. The highest BCUT2D eigenvalue weighted by Crippen LogP contribution is 2.29. The van der Waals surface area contributed by atoms with E-state index in [0.717, 1.165) is 27.7 Å². The Hall–Kier alpha value is -0.680. The lowest BCUT2D eigenvalue weighted by molar-refractivity contribution is 0.732. The number of fused-ring (bicyclic) bond motifs is 1. The van der Waals surface area contributed by atoms with Crippen LogP contribution in [0.25, 0.3) is 11.0 Å². The van der Waals surface area contributed by atoms with Crippen LogP contribution in [-0.2, 0) is 7.05 Å². The highest BCUT2D eigenvalue weighted by atomic mass is 79.9. The zero-order valence-electron chi connectivity index (χ0n) is 11.3. The minimum absolute atomic E-state index is 0.761. The summed E-state index contributed by atoms with van der Waals surface area (Å²) < 4.78 is 3.26. The summed E-state index contributed by atoms with van der Waals surface area (Å²) in [5.74, 6) is 2.37. The van der Waals surface area contributed by atoms with Crippen LogP contribution in [-0.4, -0.2) is 34.1 Å². The maximum Gasteiger partial charge on any atom is 0.206 e. The third-order valence-corrected chi connectivity index (χ3v) is 5.54. The lowest BCUT2D eigenvalue weighted by atomic mass is 10.2. The molecule has 102 valence electrons. The lowest BCUT2D eigenvalue weighted by Gasteiger charge is -2.21. The van der Waals surface area contributed by atoms with E-state index in [1.165, 1.54) is 24.1 Å². The number of nitrogens with zero attached hydrogens (tertiary/aromatic N) is 3. The first-order chi connectivity index (χ1) is 9.15. The molecule has 0 bridgehead atoms. The summed E-state index contributed by atoms with van der Waals surface area (Å²) in [7, 11) is 4.24. The van der Waals surface area contributed by atoms with Crippen LogP contribution < -0.4 is 4.90 Å². The van der Waals surface area contributed by atoms with Crippen molar-refractivity contribution in [3.05, 3.63) is 22.7 Å².